The average Bonchev–Trinajstić information content (AvgIpc) is 2.92. The molecule has 24 heavy (non-hydrogen) atoms. The zero-order valence-corrected chi connectivity index (χ0v) is 14.4. The van der Waals surface area contributed by atoms with Gasteiger partial charge < -0.3 is 25.4 Å². The van der Waals surface area contributed by atoms with Crippen molar-refractivity contribution < 1.29 is 19.5 Å². The molecule has 1 amide bonds. The summed E-state index contributed by atoms with van der Waals surface area (Å²) < 4.78 is 5.10. The maximum atomic E-state index is 12.7. The lowest BCUT2D eigenvalue weighted by Gasteiger charge is -2.30. The lowest BCUT2D eigenvalue weighted by Crippen LogP contribution is -3.08. The minimum absolute atomic E-state index is 0.104. The van der Waals surface area contributed by atoms with E-state index in [2.05, 4.69) is 17.7 Å². The van der Waals surface area contributed by atoms with E-state index in [9.17, 15) is 9.90 Å². The number of carbonyl (C=O) groups excluding carboxylic acids is 1. The number of benzene rings is 1. The van der Waals surface area contributed by atoms with Gasteiger partial charge in [0.15, 0.2) is 0 Å². The monoisotopic (exact) mass is 345 g/mol. The molecule has 3 heterocycles. The predicted molar refractivity (Wildman–Crippen MR) is 89.8 cm³/mol. The van der Waals surface area contributed by atoms with Crippen molar-refractivity contribution in [3.63, 3.8) is 0 Å². The molecule has 0 aliphatic carbocycles. The second-order valence-corrected chi connectivity index (χ2v) is 7.38. The van der Waals surface area contributed by atoms with E-state index >= 15 is 0 Å². The number of thiophene rings is 1. The van der Waals surface area contributed by atoms with Crippen molar-refractivity contribution >= 4 is 22.2 Å². The molecule has 3 N–H and O–H groups in total. The van der Waals surface area contributed by atoms with Gasteiger partial charge in [0.1, 0.15) is 23.5 Å². The third-order valence-electron chi connectivity index (χ3n) is 4.67. The molecule has 2 aromatic rings. The highest BCUT2D eigenvalue weighted by Crippen LogP contribution is 2.40. The van der Waals surface area contributed by atoms with Crippen LogP contribution in [0.15, 0.2) is 18.2 Å². The predicted octanol–water partition coefficient (Wildman–Crippen LogP) is 0.255. The van der Waals surface area contributed by atoms with Crippen molar-refractivity contribution in [1.82, 2.24) is 5.32 Å². The SMILES string of the molecule is COc1cccc(C2NC(=O)c3c(sc4c3CC[NH+](C)C4)N2)c1[O-]. The fraction of sp³-hybridized carbons (Fsp3) is 0.353. The normalized spacial score (nSPS) is 22.2. The summed E-state index contributed by atoms with van der Waals surface area (Å²) in [4.78, 5) is 15.4. The standard InChI is InChI=1S/C17H19N3O3S/c1-20-7-6-9-12(8-20)24-17-13(9)16(22)18-15(19-17)10-4-3-5-11(23-2)14(10)21/h3-5,15,19,21H,6-8H2,1-2H3,(H,18,22). The van der Waals surface area contributed by atoms with E-state index in [0.29, 0.717) is 5.56 Å². The second-order valence-electron chi connectivity index (χ2n) is 6.27. The molecule has 0 radical (unpaired) electrons. The minimum atomic E-state index is -0.530. The first-order valence-corrected chi connectivity index (χ1v) is 8.77. The van der Waals surface area contributed by atoms with Gasteiger partial charge in [-0.15, -0.1) is 11.3 Å². The van der Waals surface area contributed by atoms with E-state index in [-0.39, 0.29) is 17.4 Å². The zero-order valence-electron chi connectivity index (χ0n) is 13.6. The number of fused-ring (bicyclic) bond motifs is 3. The van der Waals surface area contributed by atoms with E-state index in [0.717, 1.165) is 35.6 Å². The summed E-state index contributed by atoms with van der Waals surface area (Å²) in [7, 11) is 3.63. The molecule has 126 valence electrons. The Kier molecular flexibility index (Phi) is 3.62. The maximum Gasteiger partial charge on any atom is 0.256 e. The average molecular weight is 345 g/mol. The van der Waals surface area contributed by atoms with E-state index in [1.54, 1.807) is 29.5 Å². The molecule has 1 aromatic carbocycles. The van der Waals surface area contributed by atoms with Gasteiger partial charge in [0, 0.05) is 6.42 Å². The number of hydrogen-bond acceptors (Lipinski definition) is 5. The number of quaternary nitrogens is 1. The number of rotatable bonds is 2. The Morgan fingerprint density at radius 2 is 2.21 bits per heavy atom. The molecule has 0 fully saturated rings. The van der Waals surface area contributed by atoms with Gasteiger partial charge >= 0.3 is 0 Å². The van der Waals surface area contributed by atoms with E-state index in [1.165, 1.54) is 16.9 Å². The van der Waals surface area contributed by atoms with Crippen molar-refractivity contribution in [2.75, 3.05) is 26.0 Å². The number of hydrogen-bond donors (Lipinski definition) is 3. The largest absolute Gasteiger partial charge is 0.870 e. The number of ether oxygens (including phenoxy) is 1. The van der Waals surface area contributed by atoms with Crippen molar-refractivity contribution in [2.24, 2.45) is 0 Å². The van der Waals surface area contributed by atoms with Crippen LogP contribution in [0.5, 0.6) is 11.5 Å². The number of carbonyl (C=O) groups is 1. The van der Waals surface area contributed by atoms with Crippen LogP contribution < -0.4 is 25.4 Å². The third-order valence-corrected chi connectivity index (χ3v) is 5.84. The van der Waals surface area contributed by atoms with Crippen molar-refractivity contribution in [3.05, 3.63) is 39.8 Å². The van der Waals surface area contributed by atoms with Crippen LogP contribution in [-0.2, 0) is 13.0 Å². The first-order chi connectivity index (χ1) is 11.6. The van der Waals surface area contributed by atoms with Crippen LogP contribution in [0.1, 0.15) is 32.5 Å². The molecule has 0 saturated carbocycles. The molecule has 7 heteroatoms. The Morgan fingerprint density at radius 1 is 1.38 bits per heavy atom. The highest BCUT2D eigenvalue weighted by atomic mass is 32.1. The summed E-state index contributed by atoms with van der Waals surface area (Å²) in [5, 5.41) is 19.6. The Balaban J connectivity index is 1.71. The van der Waals surface area contributed by atoms with Crippen molar-refractivity contribution in [1.29, 1.82) is 0 Å². The third kappa shape index (κ3) is 2.32. The van der Waals surface area contributed by atoms with E-state index in [1.807, 2.05) is 0 Å². The summed E-state index contributed by atoms with van der Waals surface area (Å²) in [6.07, 6.45) is 0.386. The molecule has 2 atom stereocenters. The van der Waals surface area contributed by atoms with Gasteiger partial charge in [-0.25, -0.2) is 0 Å². The highest BCUT2D eigenvalue weighted by Gasteiger charge is 2.34. The maximum absolute atomic E-state index is 12.7. The Labute approximate surface area is 144 Å². The van der Waals surface area contributed by atoms with Crippen LogP contribution in [0.3, 0.4) is 0 Å². The van der Waals surface area contributed by atoms with Gasteiger partial charge in [-0.3, -0.25) is 4.79 Å². The van der Waals surface area contributed by atoms with Crippen LogP contribution in [-0.4, -0.2) is 26.6 Å². The first-order valence-electron chi connectivity index (χ1n) is 7.95. The van der Waals surface area contributed by atoms with Gasteiger partial charge in [-0.2, -0.15) is 0 Å². The molecular weight excluding hydrogens is 326 g/mol. The molecule has 0 spiro atoms. The molecule has 2 aliphatic heterocycles. The summed E-state index contributed by atoms with van der Waals surface area (Å²) in [5.74, 6) is -0.0233. The zero-order chi connectivity index (χ0) is 16.8. The molecule has 6 nitrogen and oxygen atoms in total. The molecule has 1 aromatic heterocycles. The van der Waals surface area contributed by atoms with Gasteiger partial charge in [0.05, 0.1) is 31.1 Å². The fourth-order valence-electron chi connectivity index (χ4n) is 3.41. The minimum Gasteiger partial charge on any atom is -0.870 e. The molecule has 4 rings (SSSR count). The van der Waals surface area contributed by atoms with Crippen molar-refractivity contribution in [2.45, 2.75) is 19.1 Å². The number of amides is 1. The van der Waals surface area contributed by atoms with Gasteiger partial charge in [0.25, 0.3) is 5.91 Å². The van der Waals surface area contributed by atoms with E-state index in [4.69, 9.17) is 4.74 Å². The van der Waals surface area contributed by atoms with E-state index < -0.39 is 6.17 Å². The van der Waals surface area contributed by atoms with Crippen LogP contribution >= 0.6 is 11.3 Å². The molecule has 0 bridgehead atoms. The number of methoxy groups -OCH3 is 1. The lowest BCUT2D eigenvalue weighted by atomic mass is 10.0. The number of nitrogens with one attached hydrogen (secondary N) is 3. The second kappa shape index (κ2) is 5.68. The van der Waals surface area contributed by atoms with Crippen LogP contribution in [0.4, 0.5) is 5.00 Å². The van der Waals surface area contributed by atoms with Crippen molar-refractivity contribution in [3.8, 4) is 11.5 Å². The fourth-order valence-corrected chi connectivity index (χ4v) is 4.80. The van der Waals surface area contributed by atoms with Crippen LogP contribution in [0.25, 0.3) is 0 Å². The molecular formula is C17H19N3O3S. The smallest absolute Gasteiger partial charge is 0.256 e. The quantitative estimate of drug-likeness (QED) is 0.729. The molecule has 0 saturated heterocycles. The van der Waals surface area contributed by atoms with Gasteiger partial charge in [0.2, 0.25) is 0 Å². The first kappa shape index (κ1) is 15.3. The Hall–Kier alpha value is -2.25. The van der Waals surface area contributed by atoms with Crippen LogP contribution in [0, 0.1) is 0 Å². The summed E-state index contributed by atoms with van der Waals surface area (Å²) in [6.45, 7) is 1.98. The Bertz CT molecular complexity index is 818. The Morgan fingerprint density at radius 3 is 3.00 bits per heavy atom. The van der Waals surface area contributed by atoms with Gasteiger partial charge in [-0.1, -0.05) is 17.9 Å². The number of para-hydroxylation sites is 1. The topological polar surface area (TPSA) is 77.9 Å². The molecule has 2 aliphatic rings. The lowest BCUT2D eigenvalue weighted by molar-refractivity contribution is -0.895. The summed E-state index contributed by atoms with van der Waals surface area (Å²) in [6, 6.07) is 5.11. The summed E-state index contributed by atoms with van der Waals surface area (Å²) in [5.41, 5.74) is 2.41. The number of anilines is 1. The van der Waals surface area contributed by atoms with Crippen LogP contribution in [0.2, 0.25) is 0 Å². The molecule has 2 unspecified atom stereocenters. The number of likely N-dealkylation sites (N-methyl/N-ethyl adjacent to an activating group) is 1. The summed E-state index contributed by atoms with van der Waals surface area (Å²) >= 11 is 1.63. The highest BCUT2D eigenvalue weighted by molar-refractivity contribution is 7.16. The van der Waals surface area contributed by atoms with Gasteiger partial charge in [-0.05, 0) is 17.2 Å².